The van der Waals surface area contributed by atoms with Gasteiger partial charge in [-0.25, -0.2) is 8.78 Å². The summed E-state index contributed by atoms with van der Waals surface area (Å²) in [5.41, 5.74) is 2.82. The Morgan fingerprint density at radius 2 is 2.12 bits per heavy atom. The predicted molar refractivity (Wildman–Crippen MR) is 84.6 cm³/mol. The van der Waals surface area contributed by atoms with Gasteiger partial charge in [-0.15, -0.1) is 0 Å². The zero-order valence-corrected chi connectivity index (χ0v) is 13.4. The van der Waals surface area contributed by atoms with Gasteiger partial charge in [-0.2, -0.15) is 10.1 Å². The van der Waals surface area contributed by atoms with Crippen molar-refractivity contribution in [3.05, 3.63) is 47.4 Å². The molecule has 1 aliphatic rings. The highest BCUT2D eigenvalue weighted by Gasteiger charge is 2.15. The maximum atomic E-state index is 12.4. The number of aromatic nitrogens is 4. The van der Waals surface area contributed by atoms with E-state index in [4.69, 9.17) is 9.26 Å². The number of hydrogen-bond acceptors (Lipinski definition) is 5. The van der Waals surface area contributed by atoms with Crippen molar-refractivity contribution in [1.29, 1.82) is 0 Å². The molecule has 0 bridgehead atoms. The molecule has 0 fully saturated rings. The Labute approximate surface area is 142 Å². The first-order chi connectivity index (χ1) is 12.2. The lowest BCUT2D eigenvalue weighted by Crippen LogP contribution is -2.06. The molecular formula is C17H16F2N4O2. The Balaban J connectivity index is 1.40. The molecule has 1 aromatic carbocycles. The average molecular weight is 346 g/mol. The summed E-state index contributed by atoms with van der Waals surface area (Å²) in [7, 11) is 0. The minimum Gasteiger partial charge on any atom is -0.493 e. The van der Waals surface area contributed by atoms with Crippen LogP contribution in [-0.4, -0.2) is 33.0 Å². The summed E-state index contributed by atoms with van der Waals surface area (Å²) < 4.78 is 36.6. The fourth-order valence-electron chi connectivity index (χ4n) is 2.83. The van der Waals surface area contributed by atoms with Gasteiger partial charge < -0.3 is 9.26 Å². The normalized spacial score (nSPS) is 13.2. The molecule has 0 radical (unpaired) electrons. The molecule has 0 N–H and O–H groups in total. The Kier molecular flexibility index (Phi) is 4.17. The minimum absolute atomic E-state index is 0.241. The lowest BCUT2D eigenvalue weighted by atomic mass is 10.0. The second-order valence-corrected chi connectivity index (χ2v) is 5.87. The van der Waals surface area contributed by atoms with E-state index in [-0.39, 0.29) is 5.89 Å². The summed E-state index contributed by atoms with van der Waals surface area (Å²) in [5, 5.41) is 7.96. The topological polar surface area (TPSA) is 66.0 Å². The standard InChI is InChI=1S/C17H16F2N4O2/c18-15(19)10-23-7-5-13(21-23)17-20-16(22-25-17)4-2-11-1-3-14-12(9-11)6-8-24-14/h1,3,5,7,9,15H,2,4,6,8,10H2. The van der Waals surface area contributed by atoms with Gasteiger partial charge in [0, 0.05) is 19.0 Å². The molecule has 6 nitrogen and oxygen atoms in total. The number of hydrogen-bond donors (Lipinski definition) is 0. The van der Waals surface area contributed by atoms with Crippen LogP contribution in [0.25, 0.3) is 11.6 Å². The molecule has 2 aromatic heterocycles. The Bertz CT molecular complexity index is 875. The van der Waals surface area contributed by atoms with Crippen molar-refractivity contribution < 1.29 is 18.0 Å². The highest BCUT2D eigenvalue weighted by atomic mass is 19.3. The van der Waals surface area contributed by atoms with Gasteiger partial charge in [0.25, 0.3) is 12.3 Å². The SMILES string of the molecule is FC(F)Cn1ccc(-c2nc(CCc3ccc4c(c3)CCO4)no2)n1. The van der Waals surface area contributed by atoms with Crippen molar-refractivity contribution in [3.8, 4) is 17.3 Å². The van der Waals surface area contributed by atoms with E-state index in [0.717, 1.165) is 29.9 Å². The summed E-state index contributed by atoms with van der Waals surface area (Å²) in [6.07, 6.45) is 1.37. The van der Waals surface area contributed by atoms with Gasteiger partial charge in [-0.05, 0) is 29.7 Å². The van der Waals surface area contributed by atoms with Crippen LogP contribution in [0.1, 0.15) is 17.0 Å². The smallest absolute Gasteiger partial charge is 0.278 e. The van der Waals surface area contributed by atoms with Crippen molar-refractivity contribution in [2.45, 2.75) is 32.2 Å². The number of benzene rings is 1. The van der Waals surface area contributed by atoms with Crippen LogP contribution in [0.3, 0.4) is 0 Å². The van der Waals surface area contributed by atoms with Crippen LogP contribution in [0.2, 0.25) is 0 Å². The molecule has 8 heteroatoms. The van der Waals surface area contributed by atoms with Crippen molar-refractivity contribution in [2.24, 2.45) is 0 Å². The third-order valence-corrected chi connectivity index (χ3v) is 4.04. The number of nitrogens with zero attached hydrogens (tertiary/aromatic N) is 4. The lowest BCUT2D eigenvalue weighted by Gasteiger charge is -2.02. The first kappa shape index (κ1) is 15.7. The van der Waals surface area contributed by atoms with Gasteiger partial charge in [0.05, 0.1) is 6.61 Å². The maximum absolute atomic E-state index is 12.4. The van der Waals surface area contributed by atoms with E-state index >= 15 is 0 Å². The quantitative estimate of drug-likeness (QED) is 0.687. The molecule has 0 saturated carbocycles. The number of rotatable bonds is 6. The first-order valence-corrected chi connectivity index (χ1v) is 8.06. The molecule has 3 heterocycles. The van der Waals surface area contributed by atoms with Crippen molar-refractivity contribution >= 4 is 0 Å². The van der Waals surface area contributed by atoms with Crippen LogP contribution in [0.5, 0.6) is 5.75 Å². The Hall–Kier alpha value is -2.77. The molecule has 130 valence electrons. The third-order valence-electron chi connectivity index (χ3n) is 4.04. The number of aryl methyl sites for hydroxylation is 2. The molecule has 0 aliphatic carbocycles. The molecule has 25 heavy (non-hydrogen) atoms. The Morgan fingerprint density at radius 3 is 3.00 bits per heavy atom. The van der Waals surface area contributed by atoms with E-state index in [1.165, 1.54) is 17.3 Å². The van der Waals surface area contributed by atoms with E-state index in [1.54, 1.807) is 6.07 Å². The molecule has 0 amide bonds. The first-order valence-electron chi connectivity index (χ1n) is 8.06. The highest BCUT2D eigenvalue weighted by Crippen LogP contribution is 2.26. The third kappa shape index (κ3) is 3.52. The molecular weight excluding hydrogens is 330 g/mol. The summed E-state index contributed by atoms with van der Waals surface area (Å²) >= 11 is 0. The largest absolute Gasteiger partial charge is 0.493 e. The van der Waals surface area contributed by atoms with Crippen LogP contribution in [0, 0.1) is 0 Å². The number of fused-ring (bicyclic) bond motifs is 1. The average Bonchev–Trinajstić information content (AvgIpc) is 3.32. The van der Waals surface area contributed by atoms with E-state index in [0.29, 0.717) is 17.9 Å². The monoisotopic (exact) mass is 346 g/mol. The van der Waals surface area contributed by atoms with Crippen molar-refractivity contribution in [1.82, 2.24) is 19.9 Å². The van der Waals surface area contributed by atoms with E-state index in [2.05, 4.69) is 21.3 Å². The van der Waals surface area contributed by atoms with Crippen molar-refractivity contribution in [3.63, 3.8) is 0 Å². The second-order valence-electron chi connectivity index (χ2n) is 5.87. The van der Waals surface area contributed by atoms with E-state index in [9.17, 15) is 8.78 Å². The lowest BCUT2D eigenvalue weighted by molar-refractivity contribution is 0.122. The minimum atomic E-state index is -2.45. The zero-order valence-electron chi connectivity index (χ0n) is 13.4. The van der Waals surface area contributed by atoms with Crippen LogP contribution in [0.15, 0.2) is 35.0 Å². The number of halogens is 2. The van der Waals surface area contributed by atoms with Gasteiger partial charge in [-0.3, -0.25) is 4.68 Å². The predicted octanol–water partition coefficient (Wildman–Crippen LogP) is 2.92. The van der Waals surface area contributed by atoms with Gasteiger partial charge >= 0.3 is 0 Å². The molecule has 0 spiro atoms. The van der Waals surface area contributed by atoms with Gasteiger partial charge in [0.1, 0.15) is 12.3 Å². The molecule has 0 unspecified atom stereocenters. The highest BCUT2D eigenvalue weighted by molar-refractivity contribution is 5.45. The molecule has 0 saturated heterocycles. The molecule has 4 rings (SSSR count). The summed E-state index contributed by atoms with van der Waals surface area (Å²) in [6, 6.07) is 7.77. The molecule has 0 atom stereocenters. The van der Waals surface area contributed by atoms with Crippen LogP contribution in [-0.2, 0) is 25.8 Å². The van der Waals surface area contributed by atoms with Gasteiger partial charge in [0.2, 0.25) is 0 Å². The zero-order chi connectivity index (χ0) is 17.2. The summed E-state index contributed by atoms with van der Waals surface area (Å²) in [4.78, 5) is 4.29. The van der Waals surface area contributed by atoms with E-state index in [1.807, 2.05) is 12.1 Å². The van der Waals surface area contributed by atoms with Gasteiger partial charge in [-0.1, -0.05) is 17.3 Å². The van der Waals surface area contributed by atoms with Crippen LogP contribution < -0.4 is 4.74 Å². The van der Waals surface area contributed by atoms with Crippen LogP contribution in [0.4, 0.5) is 8.78 Å². The fraction of sp³-hybridized carbons (Fsp3) is 0.353. The van der Waals surface area contributed by atoms with Gasteiger partial charge in [0.15, 0.2) is 11.5 Å². The van der Waals surface area contributed by atoms with Crippen molar-refractivity contribution in [2.75, 3.05) is 6.61 Å². The summed E-state index contributed by atoms with van der Waals surface area (Å²) in [5.74, 6) is 1.77. The molecule has 3 aromatic rings. The number of alkyl halides is 2. The van der Waals surface area contributed by atoms with Crippen LogP contribution >= 0.6 is 0 Å². The van der Waals surface area contributed by atoms with E-state index < -0.39 is 13.0 Å². The molecule has 1 aliphatic heterocycles. The number of ether oxygens (including phenoxy) is 1. The fourth-order valence-corrected chi connectivity index (χ4v) is 2.83. The Morgan fingerprint density at radius 1 is 1.20 bits per heavy atom. The summed E-state index contributed by atoms with van der Waals surface area (Å²) in [6.45, 7) is 0.286. The second kappa shape index (κ2) is 6.62. The maximum Gasteiger partial charge on any atom is 0.278 e.